The fraction of sp³-hybridized carbons (Fsp3) is 1.00. The zero-order chi connectivity index (χ0) is 10.8. The van der Waals surface area contributed by atoms with Gasteiger partial charge >= 0.3 is 0 Å². The number of nitrogens with one attached hydrogen (secondary N) is 1. The molecule has 0 saturated carbocycles. The van der Waals surface area contributed by atoms with Crippen LogP contribution >= 0.6 is 0 Å². The molecule has 14 heavy (non-hydrogen) atoms. The number of aliphatic hydroxyl groups is 1. The fourth-order valence-electron chi connectivity index (χ4n) is 1.31. The number of nitrogens with zero attached hydrogens (tertiary/aromatic N) is 1. The summed E-state index contributed by atoms with van der Waals surface area (Å²) in [4.78, 5) is 0. The number of unbranched alkanes of at least 4 members (excludes halogenated alkanes) is 3. The Hall–Kier alpha value is -0.160. The summed E-state index contributed by atoms with van der Waals surface area (Å²) in [5, 5.41) is 23.8. The lowest BCUT2D eigenvalue weighted by Crippen LogP contribution is -2.34. The van der Waals surface area contributed by atoms with Gasteiger partial charge in [0.1, 0.15) is 0 Å². The van der Waals surface area contributed by atoms with E-state index >= 15 is 0 Å². The summed E-state index contributed by atoms with van der Waals surface area (Å²) in [5.74, 6) is 0. The minimum absolute atomic E-state index is 0.182. The van der Waals surface area contributed by atoms with Crippen LogP contribution in [0.25, 0.3) is 0 Å². The first kappa shape index (κ1) is 13.8. The molecule has 4 heteroatoms. The molecule has 86 valence electrons. The quantitative estimate of drug-likeness (QED) is 0.432. The van der Waals surface area contributed by atoms with Gasteiger partial charge in [0.2, 0.25) is 0 Å². The van der Waals surface area contributed by atoms with Crippen LogP contribution < -0.4 is 5.32 Å². The van der Waals surface area contributed by atoms with E-state index in [1.54, 1.807) is 0 Å². The predicted octanol–water partition coefficient (Wildman–Crippen LogP) is 0.947. The van der Waals surface area contributed by atoms with E-state index in [1.807, 2.05) is 0 Å². The van der Waals surface area contributed by atoms with Crippen molar-refractivity contribution in [3.8, 4) is 0 Å². The Morgan fingerprint density at radius 1 is 1.36 bits per heavy atom. The summed E-state index contributed by atoms with van der Waals surface area (Å²) in [6.07, 6.45) is 4.34. The van der Waals surface area contributed by atoms with Crippen molar-refractivity contribution < 1.29 is 5.11 Å². The Balaban J connectivity index is 3.10. The molecule has 0 rings (SSSR count). The molecule has 0 amide bonds. The molecular weight excluding hydrogens is 180 g/mol. The molecule has 0 aliphatic heterocycles. The molecule has 0 saturated heterocycles. The van der Waals surface area contributed by atoms with Crippen molar-refractivity contribution in [1.82, 2.24) is 10.4 Å². The Morgan fingerprint density at radius 2 is 2.07 bits per heavy atom. The third kappa shape index (κ3) is 9.92. The molecule has 0 fully saturated rings. The number of likely N-dealkylation sites (N-methyl/N-ethyl adjacent to an activating group) is 1. The number of hydrogen-bond acceptors (Lipinski definition) is 4. The molecule has 0 aliphatic carbocycles. The number of hydrogen-bond donors (Lipinski definition) is 2. The van der Waals surface area contributed by atoms with Crippen molar-refractivity contribution in [2.75, 3.05) is 26.7 Å². The lowest BCUT2D eigenvalue weighted by atomic mass is 10.2. The fourth-order valence-corrected chi connectivity index (χ4v) is 1.31. The Bertz CT molecular complexity index is 121. The van der Waals surface area contributed by atoms with Gasteiger partial charge in [0.05, 0.1) is 6.10 Å². The van der Waals surface area contributed by atoms with Gasteiger partial charge in [-0.3, -0.25) is 0 Å². The molecule has 4 nitrogen and oxygen atoms in total. The monoisotopic (exact) mass is 203 g/mol. The minimum atomic E-state index is -0.552. The Labute approximate surface area is 86.9 Å². The molecule has 0 aromatic rings. The van der Waals surface area contributed by atoms with E-state index in [1.165, 1.54) is 26.3 Å². The maximum absolute atomic E-state index is 10.6. The summed E-state index contributed by atoms with van der Waals surface area (Å²) in [7, 11) is 1.42. The van der Waals surface area contributed by atoms with E-state index in [9.17, 15) is 10.3 Å². The summed E-state index contributed by atoms with van der Waals surface area (Å²) >= 11 is 0. The van der Waals surface area contributed by atoms with Gasteiger partial charge < -0.3 is 20.7 Å². The molecule has 0 heterocycles. The average molecular weight is 203 g/mol. The van der Waals surface area contributed by atoms with E-state index in [4.69, 9.17) is 0 Å². The van der Waals surface area contributed by atoms with Crippen LogP contribution in [0.2, 0.25) is 0 Å². The van der Waals surface area contributed by atoms with Gasteiger partial charge in [0.15, 0.2) is 0 Å². The van der Waals surface area contributed by atoms with E-state index in [0.717, 1.165) is 18.0 Å². The second kappa shape index (κ2) is 9.40. The topological polar surface area (TPSA) is 58.6 Å². The van der Waals surface area contributed by atoms with Crippen LogP contribution in [0.1, 0.15) is 32.6 Å². The number of rotatable bonds is 9. The van der Waals surface area contributed by atoms with Crippen molar-refractivity contribution >= 4 is 0 Å². The molecule has 0 aromatic carbocycles. The molecule has 0 bridgehead atoms. The van der Waals surface area contributed by atoms with Crippen LogP contribution in [-0.4, -0.2) is 43.0 Å². The number of aliphatic hydroxyl groups excluding tert-OH is 1. The zero-order valence-corrected chi connectivity index (χ0v) is 9.33. The van der Waals surface area contributed by atoms with E-state index in [-0.39, 0.29) is 6.54 Å². The highest BCUT2D eigenvalue weighted by Crippen LogP contribution is 1.96. The highest BCUT2D eigenvalue weighted by Gasteiger charge is 2.01. The molecule has 2 N–H and O–H groups in total. The molecule has 0 spiro atoms. The van der Waals surface area contributed by atoms with Gasteiger partial charge in [0.25, 0.3) is 0 Å². The van der Waals surface area contributed by atoms with Gasteiger partial charge in [0, 0.05) is 13.1 Å². The summed E-state index contributed by atoms with van der Waals surface area (Å²) in [6.45, 7) is 3.81. The first-order valence-corrected chi connectivity index (χ1v) is 5.43. The largest absolute Gasteiger partial charge is 0.785 e. The molecular formula is C10H23N2O2-. The van der Waals surface area contributed by atoms with Crippen LogP contribution in [0.5, 0.6) is 0 Å². The zero-order valence-electron chi connectivity index (χ0n) is 9.33. The standard InChI is InChI=1S/C10H23N2O2/c1-3-4-5-6-7-11-8-10(13)9-12(2)14/h10-11,13H,3-9H2,1-2H3/q-1. The third-order valence-electron chi connectivity index (χ3n) is 2.05. The summed E-state index contributed by atoms with van der Waals surface area (Å²) < 4.78 is 0. The average Bonchev–Trinajstić information content (AvgIpc) is 2.10. The van der Waals surface area contributed by atoms with Crippen molar-refractivity contribution in [2.24, 2.45) is 0 Å². The van der Waals surface area contributed by atoms with Crippen LogP contribution in [0.15, 0.2) is 0 Å². The second-order valence-electron chi connectivity index (χ2n) is 3.73. The van der Waals surface area contributed by atoms with Crippen molar-refractivity contribution in [3.05, 3.63) is 5.21 Å². The molecule has 1 atom stereocenters. The Morgan fingerprint density at radius 3 is 2.64 bits per heavy atom. The van der Waals surface area contributed by atoms with Gasteiger partial charge in [-0.2, -0.15) is 0 Å². The lowest BCUT2D eigenvalue weighted by molar-refractivity contribution is 0.141. The van der Waals surface area contributed by atoms with Crippen LogP contribution in [0.3, 0.4) is 0 Å². The van der Waals surface area contributed by atoms with Gasteiger partial charge in [-0.1, -0.05) is 26.2 Å². The highest BCUT2D eigenvalue weighted by molar-refractivity contribution is 4.64. The second-order valence-corrected chi connectivity index (χ2v) is 3.73. The number of hydroxylamine groups is 2. The molecule has 1 unspecified atom stereocenters. The van der Waals surface area contributed by atoms with Gasteiger partial charge in [-0.25, -0.2) is 0 Å². The van der Waals surface area contributed by atoms with E-state index in [0.29, 0.717) is 6.54 Å². The first-order valence-electron chi connectivity index (χ1n) is 5.43. The normalized spacial score (nSPS) is 13.5. The lowest BCUT2D eigenvalue weighted by Gasteiger charge is -2.25. The minimum Gasteiger partial charge on any atom is -0.785 e. The van der Waals surface area contributed by atoms with Crippen molar-refractivity contribution in [2.45, 2.75) is 38.7 Å². The van der Waals surface area contributed by atoms with Crippen molar-refractivity contribution in [1.29, 1.82) is 0 Å². The maximum Gasteiger partial charge on any atom is 0.0781 e. The molecule has 0 aliphatic rings. The predicted molar refractivity (Wildman–Crippen MR) is 59.0 cm³/mol. The van der Waals surface area contributed by atoms with E-state index in [2.05, 4.69) is 12.2 Å². The van der Waals surface area contributed by atoms with E-state index < -0.39 is 6.10 Å². The summed E-state index contributed by atoms with van der Waals surface area (Å²) in [6, 6.07) is 0. The summed E-state index contributed by atoms with van der Waals surface area (Å²) in [5.41, 5.74) is 0. The van der Waals surface area contributed by atoms with Crippen LogP contribution in [0.4, 0.5) is 0 Å². The smallest absolute Gasteiger partial charge is 0.0781 e. The van der Waals surface area contributed by atoms with Crippen LogP contribution in [-0.2, 0) is 0 Å². The Kier molecular flexibility index (Phi) is 9.29. The van der Waals surface area contributed by atoms with Crippen molar-refractivity contribution in [3.63, 3.8) is 0 Å². The van der Waals surface area contributed by atoms with Gasteiger partial charge in [-0.05, 0) is 20.0 Å². The SMILES string of the molecule is CCCCCCNCC(O)CN(C)[O-]. The molecule has 0 radical (unpaired) electrons. The maximum atomic E-state index is 10.6. The highest BCUT2D eigenvalue weighted by atomic mass is 16.5. The van der Waals surface area contributed by atoms with Gasteiger partial charge in [-0.15, -0.1) is 0 Å². The third-order valence-corrected chi connectivity index (χ3v) is 2.05. The van der Waals surface area contributed by atoms with Crippen LogP contribution in [0, 0.1) is 5.21 Å². The first-order chi connectivity index (χ1) is 6.66. The molecule has 0 aromatic heterocycles.